The number of nitrogens with one attached hydrogen (secondary N) is 1. The van der Waals surface area contributed by atoms with Gasteiger partial charge in [0.25, 0.3) is 0 Å². The van der Waals surface area contributed by atoms with Crippen LogP contribution in [0.4, 0.5) is 0 Å². The molecule has 0 amide bonds. The number of methoxy groups -OCH3 is 1. The molecule has 1 aromatic rings. The summed E-state index contributed by atoms with van der Waals surface area (Å²) in [5, 5.41) is 11.8. The molecule has 0 bridgehead atoms. The molecule has 0 spiro atoms. The molecule has 1 heterocycles. The Balaban J connectivity index is 2.01. The van der Waals surface area contributed by atoms with Crippen molar-refractivity contribution in [2.75, 3.05) is 20.3 Å². The van der Waals surface area contributed by atoms with E-state index in [0.29, 0.717) is 12.3 Å². The van der Waals surface area contributed by atoms with Crippen LogP contribution in [0.5, 0.6) is 0 Å². The lowest BCUT2D eigenvalue weighted by Crippen LogP contribution is -2.14. The Kier molecular flexibility index (Phi) is 6.31. The maximum absolute atomic E-state index is 8.57. The second-order valence-corrected chi connectivity index (χ2v) is 3.61. The van der Waals surface area contributed by atoms with Gasteiger partial charge in [-0.2, -0.15) is 5.26 Å². The Labute approximate surface area is 96.2 Å². The van der Waals surface area contributed by atoms with Crippen LogP contribution in [0.2, 0.25) is 0 Å². The van der Waals surface area contributed by atoms with E-state index in [1.54, 1.807) is 13.2 Å². The molecule has 1 N–H and O–H groups in total. The number of unbranched alkanes of at least 4 members (excludes halogenated alkanes) is 2. The van der Waals surface area contributed by atoms with Crippen LogP contribution in [0.3, 0.4) is 0 Å². The second kappa shape index (κ2) is 7.91. The molecule has 0 saturated heterocycles. The van der Waals surface area contributed by atoms with Gasteiger partial charge >= 0.3 is 0 Å². The van der Waals surface area contributed by atoms with Crippen LogP contribution in [0.15, 0.2) is 16.5 Å². The molecule has 0 atom stereocenters. The highest BCUT2D eigenvalue weighted by Gasteiger charge is 1.99. The summed E-state index contributed by atoms with van der Waals surface area (Å²) in [5.74, 6) is 1.19. The molecule has 16 heavy (non-hydrogen) atoms. The van der Waals surface area contributed by atoms with Gasteiger partial charge in [-0.25, -0.2) is 0 Å². The summed E-state index contributed by atoms with van der Waals surface area (Å²) in [6.45, 7) is 2.49. The minimum atomic E-state index is 0.372. The molecule has 0 radical (unpaired) electrons. The number of hydrogen-bond donors (Lipinski definition) is 1. The number of furan rings is 1. The third kappa shape index (κ3) is 4.96. The van der Waals surface area contributed by atoms with Gasteiger partial charge in [-0.05, 0) is 37.9 Å². The Hall–Kier alpha value is -1.31. The summed E-state index contributed by atoms with van der Waals surface area (Å²) in [6, 6.07) is 5.48. The lowest BCUT2D eigenvalue weighted by molar-refractivity contribution is 0.192. The van der Waals surface area contributed by atoms with Gasteiger partial charge in [0.2, 0.25) is 5.76 Å². The highest BCUT2D eigenvalue weighted by Crippen LogP contribution is 2.05. The van der Waals surface area contributed by atoms with Crippen LogP contribution >= 0.6 is 0 Å². The van der Waals surface area contributed by atoms with Gasteiger partial charge in [0, 0.05) is 13.7 Å². The van der Waals surface area contributed by atoms with Crippen molar-refractivity contribution in [1.29, 1.82) is 5.26 Å². The zero-order valence-corrected chi connectivity index (χ0v) is 9.66. The number of ether oxygens (including phenoxy) is 1. The van der Waals surface area contributed by atoms with Crippen molar-refractivity contribution in [3.05, 3.63) is 23.7 Å². The van der Waals surface area contributed by atoms with Gasteiger partial charge < -0.3 is 14.5 Å². The molecule has 0 unspecified atom stereocenters. The maximum Gasteiger partial charge on any atom is 0.203 e. The van der Waals surface area contributed by atoms with Crippen molar-refractivity contribution >= 4 is 0 Å². The maximum atomic E-state index is 8.57. The van der Waals surface area contributed by atoms with Crippen molar-refractivity contribution in [3.63, 3.8) is 0 Å². The van der Waals surface area contributed by atoms with Crippen LogP contribution < -0.4 is 5.32 Å². The lowest BCUT2D eigenvalue weighted by atomic mass is 10.2. The highest BCUT2D eigenvalue weighted by atomic mass is 16.5. The van der Waals surface area contributed by atoms with Crippen LogP contribution in [-0.4, -0.2) is 20.3 Å². The predicted octanol–water partition coefficient (Wildman–Crippen LogP) is 2.06. The van der Waals surface area contributed by atoms with E-state index in [9.17, 15) is 0 Å². The topological polar surface area (TPSA) is 58.2 Å². The van der Waals surface area contributed by atoms with E-state index in [1.807, 2.05) is 12.1 Å². The molecule has 1 aromatic heterocycles. The summed E-state index contributed by atoms with van der Waals surface area (Å²) in [6.07, 6.45) is 3.41. The Morgan fingerprint density at radius 2 is 2.25 bits per heavy atom. The second-order valence-electron chi connectivity index (χ2n) is 3.61. The molecule has 0 aromatic carbocycles. The summed E-state index contributed by atoms with van der Waals surface area (Å²) < 4.78 is 10.2. The Morgan fingerprint density at radius 3 is 2.94 bits per heavy atom. The van der Waals surface area contributed by atoms with Crippen LogP contribution in [-0.2, 0) is 11.3 Å². The van der Waals surface area contributed by atoms with Gasteiger partial charge in [-0.15, -0.1) is 0 Å². The molecule has 1 rings (SSSR count). The van der Waals surface area contributed by atoms with Crippen LogP contribution in [0.1, 0.15) is 30.8 Å². The summed E-state index contributed by atoms with van der Waals surface area (Å²) in [4.78, 5) is 0. The van der Waals surface area contributed by atoms with Crippen molar-refractivity contribution in [3.8, 4) is 6.07 Å². The fraction of sp³-hybridized carbons (Fsp3) is 0.583. The quantitative estimate of drug-likeness (QED) is 0.684. The van der Waals surface area contributed by atoms with E-state index in [2.05, 4.69) is 5.32 Å². The van der Waals surface area contributed by atoms with Gasteiger partial charge in [-0.1, -0.05) is 0 Å². The van der Waals surface area contributed by atoms with E-state index >= 15 is 0 Å². The first-order chi connectivity index (χ1) is 7.86. The predicted molar refractivity (Wildman–Crippen MR) is 60.9 cm³/mol. The monoisotopic (exact) mass is 222 g/mol. The summed E-state index contributed by atoms with van der Waals surface area (Å²) in [5.41, 5.74) is 0. The Bertz CT molecular complexity index is 328. The smallest absolute Gasteiger partial charge is 0.203 e. The SMILES string of the molecule is COCCCCCNCc1ccc(C#N)o1. The summed E-state index contributed by atoms with van der Waals surface area (Å²) in [7, 11) is 1.72. The first-order valence-electron chi connectivity index (χ1n) is 5.55. The van der Waals surface area contributed by atoms with Crippen molar-refractivity contribution < 1.29 is 9.15 Å². The van der Waals surface area contributed by atoms with Gasteiger partial charge in [0.1, 0.15) is 11.8 Å². The normalized spacial score (nSPS) is 10.2. The molecule has 0 aliphatic rings. The van der Waals surface area contributed by atoms with Gasteiger partial charge in [0.15, 0.2) is 0 Å². The van der Waals surface area contributed by atoms with E-state index in [4.69, 9.17) is 14.4 Å². The van der Waals surface area contributed by atoms with E-state index in [-0.39, 0.29) is 0 Å². The van der Waals surface area contributed by atoms with Crippen molar-refractivity contribution in [2.45, 2.75) is 25.8 Å². The highest BCUT2D eigenvalue weighted by molar-refractivity contribution is 5.18. The molecule has 88 valence electrons. The lowest BCUT2D eigenvalue weighted by Gasteiger charge is -2.02. The zero-order chi connectivity index (χ0) is 11.6. The third-order valence-electron chi connectivity index (χ3n) is 2.27. The fourth-order valence-corrected chi connectivity index (χ4v) is 1.42. The molecule has 0 saturated carbocycles. The standard InChI is InChI=1S/C12H18N2O2/c1-15-8-4-2-3-7-14-10-12-6-5-11(9-13)16-12/h5-6,14H,2-4,7-8,10H2,1H3. The van der Waals surface area contributed by atoms with Crippen molar-refractivity contribution in [1.82, 2.24) is 5.32 Å². The average Bonchev–Trinajstić information content (AvgIpc) is 2.76. The summed E-state index contributed by atoms with van der Waals surface area (Å²) >= 11 is 0. The van der Waals surface area contributed by atoms with Gasteiger partial charge in [0.05, 0.1) is 6.54 Å². The number of nitriles is 1. The molecule has 4 heteroatoms. The first kappa shape index (κ1) is 12.8. The minimum Gasteiger partial charge on any atom is -0.449 e. The zero-order valence-electron chi connectivity index (χ0n) is 9.66. The first-order valence-corrected chi connectivity index (χ1v) is 5.55. The van der Waals surface area contributed by atoms with E-state index < -0.39 is 0 Å². The van der Waals surface area contributed by atoms with Crippen LogP contribution in [0, 0.1) is 11.3 Å². The molecule has 0 aliphatic heterocycles. The number of nitrogens with zero attached hydrogens (tertiary/aromatic N) is 1. The molecule has 0 fully saturated rings. The largest absolute Gasteiger partial charge is 0.449 e. The van der Waals surface area contributed by atoms with Gasteiger partial charge in [-0.3, -0.25) is 0 Å². The van der Waals surface area contributed by atoms with E-state index in [1.165, 1.54) is 6.42 Å². The molecular weight excluding hydrogens is 204 g/mol. The number of hydrogen-bond acceptors (Lipinski definition) is 4. The number of rotatable bonds is 8. The fourth-order valence-electron chi connectivity index (χ4n) is 1.42. The Morgan fingerprint density at radius 1 is 1.38 bits per heavy atom. The van der Waals surface area contributed by atoms with Crippen LogP contribution in [0.25, 0.3) is 0 Å². The average molecular weight is 222 g/mol. The third-order valence-corrected chi connectivity index (χ3v) is 2.27. The van der Waals surface area contributed by atoms with E-state index in [0.717, 1.165) is 31.8 Å². The van der Waals surface area contributed by atoms with Crippen molar-refractivity contribution in [2.24, 2.45) is 0 Å². The molecule has 4 nitrogen and oxygen atoms in total. The molecule has 0 aliphatic carbocycles. The minimum absolute atomic E-state index is 0.372. The molecular formula is C12H18N2O2.